The lowest BCUT2D eigenvalue weighted by molar-refractivity contribution is -0.122. The second kappa shape index (κ2) is 13.7. The van der Waals surface area contributed by atoms with Gasteiger partial charge in [0.2, 0.25) is 11.9 Å². The second-order valence-corrected chi connectivity index (χ2v) is 13.1. The van der Waals surface area contributed by atoms with Gasteiger partial charge in [-0.15, -0.1) is 0 Å². The fourth-order valence-corrected chi connectivity index (χ4v) is 6.61. The van der Waals surface area contributed by atoms with Crippen molar-refractivity contribution in [3.63, 3.8) is 0 Å². The summed E-state index contributed by atoms with van der Waals surface area (Å²) in [7, 11) is 4.00. The molecule has 1 atom stereocenters. The molecule has 2 heterocycles. The van der Waals surface area contributed by atoms with Crippen LogP contribution in [0.5, 0.6) is 0 Å². The Kier molecular flexibility index (Phi) is 9.33. The molecule has 0 bridgehead atoms. The second-order valence-electron chi connectivity index (χ2n) is 13.1. The summed E-state index contributed by atoms with van der Waals surface area (Å²) < 4.78 is 0. The lowest BCUT2D eigenvalue weighted by atomic mass is 9.85. The van der Waals surface area contributed by atoms with Crippen LogP contribution in [0, 0.1) is 5.92 Å². The topological polar surface area (TPSA) is 103 Å². The van der Waals surface area contributed by atoms with E-state index in [1.165, 1.54) is 5.56 Å². The van der Waals surface area contributed by atoms with E-state index in [1.54, 1.807) is 0 Å². The van der Waals surface area contributed by atoms with Crippen molar-refractivity contribution in [1.82, 2.24) is 20.3 Å². The van der Waals surface area contributed by atoms with Crippen LogP contribution < -0.4 is 15.5 Å². The molecule has 0 saturated heterocycles. The van der Waals surface area contributed by atoms with Gasteiger partial charge < -0.3 is 20.5 Å². The molecule has 6 rings (SSSR count). The zero-order chi connectivity index (χ0) is 32.2. The van der Waals surface area contributed by atoms with E-state index in [2.05, 4.69) is 35.5 Å². The predicted octanol–water partition coefficient (Wildman–Crippen LogP) is 7.44. The molecule has 5 aromatic rings. The van der Waals surface area contributed by atoms with Crippen LogP contribution in [0.15, 0.2) is 79.0 Å². The molecule has 1 aliphatic rings. The average molecular weight is 617 g/mol. The zero-order valence-electron chi connectivity index (χ0n) is 27.2. The highest BCUT2D eigenvalue weighted by Gasteiger charge is 2.29. The molecular weight excluding hydrogens is 572 g/mol. The quantitative estimate of drug-likeness (QED) is 0.133. The number of para-hydroxylation sites is 2. The maximum absolute atomic E-state index is 13.8. The van der Waals surface area contributed by atoms with E-state index < -0.39 is 5.92 Å². The number of benzene rings is 3. The molecule has 8 heteroatoms. The number of Topliss-reactive ketones (excluding diaryl/α,β-unsaturated/α-hetero) is 1. The Balaban J connectivity index is 1.09. The molecule has 8 nitrogen and oxygen atoms in total. The third kappa shape index (κ3) is 6.91. The van der Waals surface area contributed by atoms with Crippen molar-refractivity contribution in [2.24, 2.45) is 5.92 Å². The van der Waals surface area contributed by atoms with Crippen LogP contribution in [0.4, 0.5) is 11.8 Å². The number of hydrogen-bond donors (Lipinski definition) is 3. The van der Waals surface area contributed by atoms with E-state index in [9.17, 15) is 9.59 Å². The summed E-state index contributed by atoms with van der Waals surface area (Å²) in [4.78, 5) is 42.2. The third-order valence-corrected chi connectivity index (χ3v) is 9.35. The smallest absolute Gasteiger partial charge is 0.228 e. The van der Waals surface area contributed by atoms with Crippen molar-refractivity contribution in [3.8, 4) is 0 Å². The first-order valence-corrected chi connectivity index (χ1v) is 16.4. The lowest BCUT2D eigenvalue weighted by Crippen LogP contribution is -2.37. The number of H-pyrrole nitrogens is 1. The van der Waals surface area contributed by atoms with E-state index >= 15 is 0 Å². The summed E-state index contributed by atoms with van der Waals surface area (Å²) in [5, 5.41) is 8.83. The standard InChI is InChI=1S/C38H44N6O2/c1-24(2)26-15-17-27(18-16-26)35(45)21-31(32-23-39-33-11-7-5-9-29(32)33)37(46)40-22-25-13-19-28(20-14-25)41-38-42-34-12-8-6-10-30(34)36(43-38)44(3)4/h5-12,15-18,23-25,28,31,39H,13-14,19-22H2,1-4H3,(H,40,46)(H,41,42,43). The number of carbonyl (C=O) groups is 2. The molecule has 3 N–H and O–H groups in total. The average Bonchev–Trinajstić information content (AvgIpc) is 3.50. The molecule has 1 saturated carbocycles. The fourth-order valence-electron chi connectivity index (χ4n) is 6.61. The highest BCUT2D eigenvalue weighted by molar-refractivity contribution is 6.01. The summed E-state index contributed by atoms with van der Waals surface area (Å²) in [6.07, 6.45) is 5.94. The molecule has 1 amide bonds. The molecule has 2 aromatic heterocycles. The van der Waals surface area contributed by atoms with Gasteiger partial charge in [-0.1, -0.05) is 68.4 Å². The zero-order valence-corrected chi connectivity index (χ0v) is 27.2. The number of nitrogens with one attached hydrogen (secondary N) is 3. The van der Waals surface area contributed by atoms with Crippen molar-refractivity contribution < 1.29 is 9.59 Å². The fraction of sp³-hybridized carbons (Fsp3) is 0.368. The Morgan fingerprint density at radius 2 is 1.59 bits per heavy atom. The minimum atomic E-state index is -0.581. The van der Waals surface area contributed by atoms with Gasteiger partial charge in [-0.3, -0.25) is 9.59 Å². The van der Waals surface area contributed by atoms with E-state index in [-0.39, 0.29) is 24.2 Å². The molecule has 1 fully saturated rings. The number of hydrogen-bond acceptors (Lipinski definition) is 6. The monoisotopic (exact) mass is 616 g/mol. The number of anilines is 2. The highest BCUT2D eigenvalue weighted by Crippen LogP contribution is 2.31. The molecule has 238 valence electrons. The van der Waals surface area contributed by atoms with Crippen molar-refractivity contribution in [2.75, 3.05) is 30.9 Å². The maximum atomic E-state index is 13.8. The Morgan fingerprint density at radius 1 is 0.891 bits per heavy atom. The maximum Gasteiger partial charge on any atom is 0.228 e. The number of ketones is 1. The van der Waals surface area contributed by atoms with Crippen LogP contribution in [0.25, 0.3) is 21.8 Å². The van der Waals surface area contributed by atoms with Crippen molar-refractivity contribution in [3.05, 3.63) is 95.7 Å². The summed E-state index contributed by atoms with van der Waals surface area (Å²) in [6, 6.07) is 24.1. The SMILES string of the molecule is CC(C)c1ccc(C(=O)CC(C(=O)NCC2CCC(Nc3nc(N(C)C)c4ccccc4n3)CC2)c2c[nH]c3ccccc23)cc1. The first-order chi connectivity index (χ1) is 22.3. The van der Waals surface area contributed by atoms with Crippen LogP contribution in [0.2, 0.25) is 0 Å². The molecule has 1 aliphatic carbocycles. The van der Waals surface area contributed by atoms with Crippen LogP contribution >= 0.6 is 0 Å². The van der Waals surface area contributed by atoms with E-state index in [0.29, 0.717) is 29.9 Å². The Hall–Kier alpha value is -4.72. The number of nitrogens with zero attached hydrogens (tertiary/aromatic N) is 3. The molecule has 0 aliphatic heterocycles. The van der Waals surface area contributed by atoms with Gasteiger partial charge in [0, 0.05) is 61.2 Å². The lowest BCUT2D eigenvalue weighted by Gasteiger charge is -2.30. The highest BCUT2D eigenvalue weighted by atomic mass is 16.2. The molecule has 3 aromatic carbocycles. The molecule has 1 unspecified atom stereocenters. The third-order valence-electron chi connectivity index (χ3n) is 9.35. The van der Waals surface area contributed by atoms with Crippen LogP contribution in [-0.2, 0) is 4.79 Å². The van der Waals surface area contributed by atoms with Crippen molar-refractivity contribution in [2.45, 2.75) is 63.8 Å². The Labute approximate surface area is 271 Å². The predicted molar refractivity (Wildman–Crippen MR) is 187 cm³/mol. The number of carbonyl (C=O) groups excluding carboxylic acids is 2. The number of amides is 1. The molecular formula is C38H44N6O2. The van der Waals surface area contributed by atoms with Crippen LogP contribution in [0.3, 0.4) is 0 Å². The summed E-state index contributed by atoms with van der Waals surface area (Å²) in [6.45, 7) is 4.87. The number of aromatic nitrogens is 3. The summed E-state index contributed by atoms with van der Waals surface area (Å²) in [5.74, 6) is 1.62. The largest absolute Gasteiger partial charge is 0.362 e. The minimum Gasteiger partial charge on any atom is -0.362 e. The number of fused-ring (bicyclic) bond motifs is 2. The van der Waals surface area contributed by atoms with Gasteiger partial charge in [0.25, 0.3) is 0 Å². The van der Waals surface area contributed by atoms with E-state index in [1.807, 2.05) is 91.9 Å². The Morgan fingerprint density at radius 3 is 2.30 bits per heavy atom. The first kappa shape index (κ1) is 31.3. The molecule has 0 radical (unpaired) electrons. The van der Waals surface area contributed by atoms with Gasteiger partial charge in [-0.25, -0.2) is 4.98 Å². The first-order valence-electron chi connectivity index (χ1n) is 16.4. The summed E-state index contributed by atoms with van der Waals surface area (Å²) in [5.41, 5.74) is 4.58. The summed E-state index contributed by atoms with van der Waals surface area (Å²) >= 11 is 0. The molecule has 0 spiro atoms. The van der Waals surface area contributed by atoms with E-state index in [0.717, 1.165) is 58.9 Å². The minimum absolute atomic E-state index is 0.0272. The van der Waals surface area contributed by atoms with Crippen LogP contribution in [-0.4, -0.2) is 53.3 Å². The normalized spacial score (nSPS) is 17.2. The molecule has 46 heavy (non-hydrogen) atoms. The van der Waals surface area contributed by atoms with Gasteiger partial charge in [-0.2, -0.15) is 4.98 Å². The van der Waals surface area contributed by atoms with Gasteiger partial charge in [0.05, 0.1) is 11.4 Å². The number of rotatable bonds is 11. The van der Waals surface area contributed by atoms with Gasteiger partial charge in [0.15, 0.2) is 5.78 Å². The van der Waals surface area contributed by atoms with Gasteiger partial charge in [0.1, 0.15) is 5.82 Å². The van der Waals surface area contributed by atoms with Crippen molar-refractivity contribution in [1.29, 1.82) is 0 Å². The van der Waals surface area contributed by atoms with Gasteiger partial charge in [-0.05, 0) is 66.8 Å². The Bertz CT molecular complexity index is 1820. The number of aromatic amines is 1. The van der Waals surface area contributed by atoms with Gasteiger partial charge >= 0.3 is 0 Å². The van der Waals surface area contributed by atoms with E-state index in [4.69, 9.17) is 9.97 Å². The van der Waals surface area contributed by atoms with Crippen molar-refractivity contribution >= 4 is 45.3 Å². The van der Waals surface area contributed by atoms with Crippen LogP contribution in [0.1, 0.15) is 79.3 Å².